The molecule has 0 radical (unpaired) electrons. The Balaban J connectivity index is -0.00000264. The van der Waals surface area contributed by atoms with Gasteiger partial charge >= 0.3 is 41.5 Å². The van der Waals surface area contributed by atoms with Crippen LogP contribution < -0.4 is 29.6 Å². The van der Waals surface area contributed by atoms with E-state index in [1.807, 2.05) is 13.8 Å². The first-order valence-electron chi connectivity index (χ1n) is 9.88. The van der Waals surface area contributed by atoms with Gasteiger partial charge < -0.3 is 10.9 Å². The van der Waals surface area contributed by atoms with E-state index in [-0.39, 0.29) is 68.0 Å². The molecule has 0 aromatic rings. The molecule has 4 nitrogen and oxygen atoms in total. The SMILES string of the molecule is CCCCCCC(C)OC(=O)CCC(=O)OC(C)CCCCCC.[H-].[Na+]. The van der Waals surface area contributed by atoms with Crippen LogP contribution in [0.2, 0.25) is 0 Å². The van der Waals surface area contributed by atoms with Crippen molar-refractivity contribution in [2.24, 2.45) is 0 Å². The van der Waals surface area contributed by atoms with E-state index >= 15 is 0 Å². The van der Waals surface area contributed by atoms with E-state index in [1.165, 1.54) is 38.5 Å². The molecule has 0 amide bonds. The Morgan fingerprint density at radius 3 is 1.40 bits per heavy atom. The Hall–Kier alpha value is -0.0600. The molecule has 144 valence electrons. The largest absolute Gasteiger partial charge is 1.00 e. The van der Waals surface area contributed by atoms with Crippen LogP contribution in [0.3, 0.4) is 0 Å². The van der Waals surface area contributed by atoms with E-state index in [9.17, 15) is 9.59 Å². The maximum atomic E-state index is 11.7. The van der Waals surface area contributed by atoms with Crippen LogP contribution in [-0.4, -0.2) is 24.1 Å². The summed E-state index contributed by atoms with van der Waals surface area (Å²) in [5, 5.41) is 0. The zero-order valence-electron chi connectivity index (χ0n) is 18.3. The summed E-state index contributed by atoms with van der Waals surface area (Å²) in [7, 11) is 0. The van der Waals surface area contributed by atoms with Crippen molar-refractivity contribution in [3.63, 3.8) is 0 Å². The second-order valence-electron chi connectivity index (χ2n) is 6.80. The minimum Gasteiger partial charge on any atom is -1.00 e. The molecule has 0 heterocycles. The van der Waals surface area contributed by atoms with Crippen LogP contribution in [0, 0.1) is 0 Å². The third-order valence-electron chi connectivity index (χ3n) is 4.13. The van der Waals surface area contributed by atoms with E-state index in [4.69, 9.17) is 9.47 Å². The third kappa shape index (κ3) is 18.5. The van der Waals surface area contributed by atoms with Crippen LogP contribution >= 0.6 is 0 Å². The molecule has 2 unspecified atom stereocenters. The Labute approximate surface area is 178 Å². The summed E-state index contributed by atoms with van der Waals surface area (Å²) in [5.41, 5.74) is 0. The molecule has 0 aromatic carbocycles. The zero-order chi connectivity index (χ0) is 18.2. The Morgan fingerprint density at radius 1 is 0.720 bits per heavy atom. The average Bonchev–Trinajstić information content (AvgIpc) is 2.54. The number of hydrogen-bond donors (Lipinski definition) is 0. The van der Waals surface area contributed by atoms with Gasteiger partial charge in [0, 0.05) is 0 Å². The van der Waals surface area contributed by atoms with Gasteiger partial charge in [0.05, 0.1) is 25.0 Å². The maximum Gasteiger partial charge on any atom is 1.00 e. The summed E-state index contributed by atoms with van der Waals surface area (Å²) in [4.78, 5) is 23.5. The fourth-order valence-corrected chi connectivity index (χ4v) is 2.61. The smallest absolute Gasteiger partial charge is 1.00 e. The monoisotopic (exact) mass is 366 g/mol. The van der Waals surface area contributed by atoms with Gasteiger partial charge in [0.15, 0.2) is 0 Å². The first kappa shape index (κ1) is 27.2. The summed E-state index contributed by atoms with van der Waals surface area (Å²) in [6.07, 6.45) is 11.3. The van der Waals surface area contributed by atoms with Crippen molar-refractivity contribution < 1.29 is 50.0 Å². The molecule has 5 heteroatoms. The second-order valence-corrected chi connectivity index (χ2v) is 6.80. The molecule has 0 fully saturated rings. The molecule has 0 saturated carbocycles. The van der Waals surface area contributed by atoms with Crippen molar-refractivity contribution in [2.75, 3.05) is 0 Å². The molecular weight excluding hydrogens is 327 g/mol. The van der Waals surface area contributed by atoms with Crippen molar-refractivity contribution in [3.05, 3.63) is 0 Å². The number of ether oxygens (including phenoxy) is 2. The minimum absolute atomic E-state index is 0. The molecule has 0 aliphatic heterocycles. The topological polar surface area (TPSA) is 52.6 Å². The van der Waals surface area contributed by atoms with E-state index in [2.05, 4.69) is 13.8 Å². The van der Waals surface area contributed by atoms with E-state index in [0.717, 1.165) is 25.7 Å². The van der Waals surface area contributed by atoms with Crippen LogP contribution in [0.25, 0.3) is 0 Å². The molecule has 0 aliphatic carbocycles. The summed E-state index contributed by atoms with van der Waals surface area (Å²) >= 11 is 0. The summed E-state index contributed by atoms with van der Waals surface area (Å²) in [5.74, 6) is -0.601. The summed E-state index contributed by atoms with van der Waals surface area (Å²) in [6.45, 7) is 8.18. The molecular formula is C20H39NaO4. The molecule has 0 aliphatic rings. The van der Waals surface area contributed by atoms with Gasteiger partial charge in [0.25, 0.3) is 0 Å². The predicted molar refractivity (Wildman–Crippen MR) is 99.0 cm³/mol. The van der Waals surface area contributed by atoms with Gasteiger partial charge in [-0.15, -0.1) is 0 Å². The van der Waals surface area contributed by atoms with E-state index in [1.54, 1.807) is 0 Å². The maximum absolute atomic E-state index is 11.7. The number of carbonyl (C=O) groups excluding carboxylic acids is 2. The molecule has 25 heavy (non-hydrogen) atoms. The number of rotatable bonds is 15. The van der Waals surface area contributed by atoms with Crippen molar-refractivity contribution in [1.82, 2.24) is 0 Å². The first-order valence-corrected chi connectivity index (χ1v) is 9.88. The quantitative estimate of drug-likeness (QED) is 0.254. The minimum atomic E-state index is -0.300. The fourth-order valence-electron chi connectivity index (χ4n) is 2.61. The predicted octanol–water partition coefficient (Wildman–Crippen LogP) is 2.69. The standard InChI is InChI=1S/C20H38O4.Na.H/c1-5-7-9-11-13-17(3)23-19(21)15-16-20(22)24-18(4)14-12-10-8-6-2;;/h17-18H,5-16H2,1-4H3;;/q;+1;-1. The first-order chi connectivity index (χ1) is 11.5. The van der Waals surface area contributed by atoms with Crippen LogP contribution in [0.5, 0.6) is 0 Å². The average molecular weight is 367 g/mol. The molecule has 0 rings (SSSR count). The fraction of sp³-hybridized carbons (Fsp3) is 0.900. The normalized spacial score (nSPS) is 12.8. The Kier molecular flexibility index (Phi) is 20.3. The van der Waals surface area contributed by atoms with Gasteiger partial charge in [-0.3, -0.25) is 9.59 Å². The molecule has 0 spiro atoms. The van der Waals surface area contributed by atoms with Crippen molar-refractivity contribution in [3.8, 4) is 0 Å². The molecule has 0 saturated heterocycles. The van der Waals surface area contributed by atoms with Gasteiger partial charge in [0.1, 0.15) is 0 Å². The number of hydrogen-bond acceptors (Lipinski definition) is 4. The number of unbranched alkanes of at least 4 members (excludes halogenated alkanes) is 6. The number of esters is 2. The molecule has 0 bridgehead atoms. The number of carbonyl (C=O) groups is 2. The third-order valence-corrected chi connectivity index (χ3v) is 4.13. The van der Waals surface area contributed by atoms with Crippen LogP contribution in [0.4, 0.5) is 0 Å². The summed E-state index contributed by atoms with van der Waals surface area (Å²) in [6, 6.07) is 0. The van der Waals surface area contributed by atoms with E-state index < -0.39 is 0 Å². The van der Waals surface area contributed by atoms with E-state index in [0.29, 0.717) is 0 Å². The van der Waals surface area contributed by atoms with Crippen LogP contribution in [0.1, 0.15) is 106 Å². The van der Waals surface area contributed by atoms with Gasteiger partial charge in [0.2, 0.25) is 0 Å². The van der Waals surface area contributed by atoms with Crippen LogP contribution in [-0.2, 0) is 19.1 Å². The van der Waals surface area contributed by atoms with Crippen molar-refractivity contribution in [2.45, 2.75) is 117 Å². The Bertz CT molecular complexity index is 308. The van der Waals surface area contributed by atoms with Gasteiger partial charge in [-0.1, -0.05) is 52.4 Å². The molecule has 0 aromatic heterocycles. The van der Waals surface area contributed by atoms with Gasteiger partial charge in [-0.2, -0.15) is 0 Å². The molecule has 0 N–H and O–H groups in total. The van der Waals surface area contributed by atoms with Gasteiger partial charge in [-0.25, -0.2) is 0 Å². The van der Waals surface area contributed by atoms with Crippen LogP contribution in [0.15, 0.2) is 0 Å². The summed E-state index contributed by atoms with van der Waals surface area (Å²) < 4.78 is 10.7. The van der Waals surface area contributed by atoms with Crippen molar-refractivity contribution >= 4 is 11.9 Å². The van der Waals surface area contributed by atoms with Gasteiger partial charge in [-0.05, 0) is 39.5 Å². The molecule has 2 atom stereocenters. The van der Waals surface area contributed by atoms with Crippen molar-refractivity contribution in [1.29, 1.82) is 0 Å². The zero-order valence-corrected chi connectivity index (χ0v) is 19.3. The Morgan fingerprint density at radius 2 is 1.08 bits per heavy atom. The second kappa shape index (κ2) is 18.7.